The molecule has 0 bridgehead atoms. The number of benzene rings is 2. The SMILES string of the molecule is Cn1cc(C(NC(=O)N2Cc3cccc(Cl)c3C2)c2ccccc2)cn1. The van der Waals surface area contributed by atoms with E-state index in [1.54, 1.807) is 15.8 Å². The molecule has 2 aromatic carbocycles. The maximum absolute atomic E-state index is 12.9. The first-order chi connectivity index (χ1) is 12.6. The summed E-state index contributed by atoms with van der Waals surface area (Å²) >= 11 is 6.27. The highest BCUT2D eigenvalue weighted by Crippen LogP contribution is 2.30. The van der Waals surface area contributed by atoms with Crippen LogP contribution in [-0.2, 0) is 20.1 Å². The highest BCUT2D eigenvalue weighted by atomic mass is 35.5. The molecule has 1 aliphatic rings. The second-order valence-corrected chi connectivity index (χ2v) is 6.88. The van der Waals surface area contributed by atoms with Crippen LogP contribution in [0.3, 0.4) is 0 Å². The minimum Gasteiger partial charge on any atom is -0.327 e. The molecule has 2 amide bonds. The zero-order chi connectivity index (χ0) is 18.1. The summed E-state index contributed by atoms with van der Waals surface area (Å²) in [5.41, 5.74) is 4.10. The first-order valence-corrected chi connectivity index (χ1v) is 8.85. The lowest BCUT2D eigenvalue weighted by Crippen LogP contribution is -2.39. The molecule has 0 aliphatic carbocycles. The van der Waals surface area contributed by atoms with Gasteiger partial charge in [0.25, 0.3) is 0 Å². The molecule has 132 valence electrons. The smallest absolute Gasteiger partial charge is 0.318 e. The lowest BCUT2D eigenvalue weighted by molar-refractivity contribution is 0.196. The van der Waals surface area contributed by atoms with Crippen molar-refractivity contribution in [3.05, 3.63) is 88.2 Å². The number of carbonyl (C=O) groups is 1. The molecule has 1 aliphatic heterocycles. The second-order valence-electron chi connectivity index (χ2n) is 6.47. The van der Waals surface area contributed by atoms with Gasteiger partial charge in [-0.2, -0.15) is 5.10 Å². The van der Waals surface area contributed by atoms with Gasteiger partial charge in [0.05, 0.1) is 12.2 Å². The average Bonchev–Trinajstić information content (AvgIpc) is 3.27. The van der Waals surface area contributed by atoms with Crippen LogP contribution in [-0.4, -0.2) is 20.7 Å². The molecule has 0 radical (unpaired) electrons. The molecule has 1 atom stereocenters. The number of amides is 2. The third kappa shape index (κ3) is 3.18. The number of halogens is 1. The van der Waals surface area contributed by atoms with Gasteiger partial charge >= 0.3 is 6.03 Å². The molecule has 0 saturated heterocycles. The fourth-order valence-electron chi connectivity index (χ4n) is 3.33. The summed E-state index contributed by atoms with van der Waals surface area (Å²) in [7, 11) is 1.87. The predicted molar refractivity (Wildman–Crippen MR) is 101 cm³/mol. The summed E-state index contributed by atoms with van der Waals surface area (Å²) in [6, 6.07) is 15.4. The fraction of sp³-hybridized carbons (Fsp3) is 0.200. The summed E-state index contributed by atoms with van der Waals surface area (Å²) < 4.78 is 1.74. The Morgan fingerprint density at radius 2 is 1.92 bits per heavy atom. The van der Waals surface area contributed by atoms with Crippen LogP contribution in [0.2, 0.25) is 5.02 Å². The van der Waals surface area contributed by atoms with E-state index in [2.05, 4.69) is 10.4 Å². The van der Waals surface area contributed by atoms with Gasteiger partial charge in [-0.15, -0.1) is 0 Å². The van der Waals surface area contributed by atoms with Gasteiger partial charge in [0.2, 0.25) is 0 Å². The molecule has 1 unspecified atom stereocenters. The lowest BCUT2D eigenvalue weighted by atomic mass is 10.0. The molecular formula is C20H19ClN4O. The van der Waals surface area contributed by atoms with Gasteiger partial charge in [-0.3, -0.25) is 4.68 Å². The summed E-state index contributed by atoms with van der Waals surface area (Å²) in [5, 5.41) is 8.11. The number of aryl methyl sites for hydroxylation is 1. The van der Waals surface area contributed by atoms with Crippen LogP contribution in [0, 0.1) is 0 Å². The van der Waals surface area contributed by atoms with Crippen LogP contribution in [0.15, 0.2) is 60.9 Å². The third-order valence-corrected chi connectivity index (χ3v) is 5.03. The second kappa shape index (κ2) is 6.84. The van der Waals surface area contributed by atoms with Crippen LogP contribution >= 0.6 is 11.6 Å². The van der Waals surface area contributed by atoms with Gasteiger partial charge < -0.3 is 10.2 Å². The van der Waals surface area contributed by atoms with Crippen LogP contribution in [0.4, 0.5) is 4.79 Å². The van der Waals surface area contributed by atoms with Gasteiger partial charge in [0, 0.05) is 36.9 Å². The minimum atomic E-state index is -0.253. The Balaban J connectivity index is 1.57. The van der Waals surface area contributed by atoms with E-state index in [9.17, 15) is 4.79 Å². The number of hydrogen-bond donors (Lipinski definition) is 1. The molecular weight excluding hydrogens is 348 g/mol. The molecule has 0 fully saturated rings. The van der Waals surface area contributed by atoms with Crippen molar-refractivity contribution in [2.75, 3.05) is 0 Å². The first kappa shape index (κ1) is 16.7. The maximum Gasteiger partial charge on any atom is 0.318 e. The van der Waals surface area contributed by atoms with Gasteiger partial charge in [0.15, 0.2) is 0 Å². The summed E-state index contributed by atoms with van der Waals surface area (Å²) in [4.78, 5) is 14.7. The Morgan fingerprint density at radius 3 is 2.62 bits per heavy atom. The summed E-state index contributed by atoms with van der Waals surface area (Å²) in [6.45, 7) is 1.09. The molecule has 2 heterocycles. The number of aromatic nitrogens is 2. The number of nitrogens with one attached hydrogen (secondary N) is 1. The highest BCUT2D eigenvalue weighted by molar-refractivity contribution is 6.31. The number of nitrogens with zero attached hydrogens (tertiary/aromatic N) is 3. The Bertz CT molecular complexity index is 938. The van der Waals surface area contributed by atoms with Gasteiger partial charge in [0.1, 0.15) is 0 Å². The van der Waals surface area contributed by atoms with Crippen molar-refractivity contribution in [2.45, 2.75) is 19.1 Å². The quantitative estimate of drug-likeness (QED) is 0.764. The molecule has 3 aromatic rings. The topological polar surface area (TPSA) is 50.2 Å². The monoisotopic (exact) mass is 366 g/mol. The Kier molecular flexibility index (Phi) is 4.39. The molecule has 5 nitrogen and oxygen atoms in total. The van der Waals surface area contributed by atoms with E-state index in [0.717, 1.165) is 22.3 Å². The lowest BCUT2D eigenvalue weighted by Gasteiger charge is -2.23. The zero-order valence-electron chi connectivity index (χ0n) is 14.4. The maximum atomic E-state index is 12.9. The fourth-order valence-corrected chi connectivity index (χ4v) is 3.59. The Labute approximate surface area is 157 Å². The number of carbonyl (C=O) groups excluding carboxylic acids is 1. The third-order valence-electron chi connectivity index (χ3n) is 4.67. The predicted octanol–water partition coefficient (Wildman–Crippen LogP) is 3.89. The van der Waals surface area contributed by atoms with Crippen molar-refractivity contribution in [3.8, 4) is 0 Å². The van der Waals surface area contributed by atoms with Crippen LogP contribution in [0.1, 0.15) is 28.3 Å². The summed E-state index contributed by atoms with van der Waals surface area (Å²) in [5.74, 6) is 0. The Hall–Kier alpha value is -2.79. The van der Waals surface area contributed by atoms with Crippen LogP contribution in [0.5, 0.6) is 0 Å². The van der Waals surface area contributed by atoms with Crippen LogP contribution in [0.25, 0.3) is 0 Å². The van der Waals surface area contributed by atoms with Crippen molar-refractivity contribution in [1.82, 2.24) is 20.0 Å². The number of rotatable bonds is 3. The standard InChI is InChI=1S/C20H19ClN4O/c1-24-11-16(10-22-24)19(14-6-3-2-4-7-14)23-20(26)25-12-15-8-5-9-18(21)17(15)13-25/h2-11,19H,12-13H2,1H3,(H,23,26). The van der Waals surface area contributed by atoms with Crippen molar-refractivity contribution in [1.29, 1.82) is 0 Å². The van der Waals surface area contributed by atoms with Crippen LogP contribution < -0.4 is 5.32 Å². The zero-order valence-corrected chi connectivity index (χ0v) is 15.1. The van der Waals surface area contributed by atoms with Gasteiger partial charge in [-0.25, -0.2) is 4.79 Å². The van der Waals surface area contributed by atoms with Crippen molar-refractivity contribution < 1.29 is 4.79 Å². The van der Waals surface area contributed by atoms with E-state index in [4.69, 9.17) is 11.6 Å². The molecule has 4 rings (SSSR count). The minimum absolute atomic E-state index is 0.116. The average molecular weight is 367 g/mol. The molecule has 1 N–H and O–H groups in total. The first-order valence-electron chi connectivity index (χ1n) is 8.47. The molecule has 6 heteroatoms. The van der Waals surface area contributed by atoms with Gasteiger partial charge in [-0.1, -0.05) is 54.1 Å². The van der Waals surface area contributed by atoms with Crippen molar-refractivity contribution in [2.24, 2.45) is 7.05 Å². The van der Waals surface area contributed by atoms with E-state index in [1.165, 1.54) is 0 Å². The molecule has 26 heavy (non-hydrogen) atoms. The molecule has 0 spiro atoms. The number of urea groups is 1. The number of fused-ring (bicyclic) bond motifs is 1. The van der Waals surface area contributed by atoms with E-state index in [-0.39, 0.29) is 12.1 Å². The highest BCUT2D eigenvalue weighted by Gasteiger charge is 2.27. The summed E-state index contributed by atoms with van der Waals surface area (Å²) in [6.07, 6.45) is 3.71. The number of hydrogen-bond acceptors (Lipinski definition) is 2. The van der Waals surface area contributed by atoms with E-state index < -0.39 is 0 Å². The Morgan fingerprint density at radius 1 is 1.12 bits per heavy atom. The van der Waals surface area contributed by atoms with Gasteiger partial charge in [-0.05, 0) is 22.8 Å². The van der Waals surface area contributed by atoms with E-state index in [0.29, 0.717) is 18.1 Å². The largest absolute Gasteiger partial charge is 0.327 e. The molecule has 0 saturated carbocycles. The van der Waals surface area contributed by atoms with Crippen molar-refractivity contribution in [3.63, 3.8) is 0 Å². The normalized spacial score (nSPS) is 14.2. The van der Waals surface area contributed by atoms with E-state index in [1.807, 2.05) is 61.8 Å². The molecule has 1 aromatic heterocycles. The van der Waals surface area contributed by atoms with Crippen molar-refractivity contribution >= 4 is 17.6 Å². The van der Waals surface area contributed by atoms with E-state index >= 15 is 0 Å².